The molecular formula is C52H33NOS. The third-order valence-electron chi connectivity index (χ3n) is 10.8. The van der Waals surface area contributed by atoms with Crippen molar-refractivity contribution >= 4 is 59.3 Å². The number of fused-ring (bicyclic) bond motifs is 5. The first-order chi connectivity index (χ1) is 27.3. The molecule has 0 fully saturated rings. The summed E-state index contributed by atoms with van der Waals surface area (Å²) < 4.78 is 9.47. The number of para-hydroxylation sites is 1. The fourth-order valence-electron chi connectivity index (χ4n) is 8.34. The van der Waals surface area contributed by atoms with Gasteiger partial charge in [-0.05, 0) is 111 Å². The first-order valence-corrected chi connectivity index (χ1v) is 19.5. The lowest BCUT2D eigenvalue weighted by atomic mass is 9.88. The van der Waals surface area contributed by atoms with Crippen LogP contribution in [0.3, 0.4) is 0 Å². The molecule has 2 heterocycles. The second kappa shape index (κ2) is 12.9. The van der Waals surface area contributed by atoms with Gasteiger partial charge in [0.1, 0.15) is 11.5 Å². The van der Waals surface area contributed by atoms with Crippen LogP contribution in [0.15, 0.2) is 200 Å². The summed E-state index contributed by atoms with van der Waals surface area (Å²) in [5, 5.41) is 4.85. The highest BCUT2D eigenvalue weighted by molar-refractivity contribution is 7.26. The maximum Gasteiger partial charge on any atom is 0.137 e. The normalized spacial score (nSPS) is 11.8. The van der Waals surface area contributed by atoms with E-state index in [4.69, 9.17) is 4.74 Å². The molecule has 0 amide bonds. The highest BCUT2D eigenvalue weighted by Gasteiger charge is 2.25. The minimum Gasteiger partial charge on any atom is -0.456 e. The van der Waals surface area contributed by atoms with Gasteiger partial charge < -0.3 is 9.64 Å². The Bertz CT molecular complexity index is 3000. The van der Waals surface area contributed by atoms with Crippen LogP contribution in [0.5, 0.6) is 11.5 Å². The molecule has 0 unspecified atom stereocenters. The van der Waals surface area contributed by atoms with E-state index in [0.29, 0.717) is 0 Å². The van der Waals surface area contributed by atoms with Gasteiger partial charge in [-0.3, -0.25) is 0 Å². The molecule has 0 radical (unpaired) electrons. The van der Waals surface area contributed by atoms with E-state index in [1.54, 1.807) is 0 Å². The van der Waals surface area contributed by atoms with Gasteiger partial charge in [-0.15, -0.1) is 11.3 Å². The van der Waals surface area contributed by atoms with Crippen molar-refractivity contribution in [1.29, 1.82) is 0 Å². The van der Waals surface area contributed by atoms with Gasteiger partial charge >= 0.3 is 0 Å². The van der Waals surface area contributed by atoms with Gasteiger partial charge in [-0.2, -0.15) is 0 Å². The van der Waals surface area contributed by atoms with E-state index in [-0.39, 0.29) is 0 Å². The topological polar surface area (TPSA) is 12.5 Å². The van der Waals surface area contributed by atoms with Crippen LogP contribution in [-0.2, 0) is 0 Å². The molecule has 55 heavy (non-hydrogen) atoms. The molecule has 11 rings (SSSR count). The number of rotatable bonds is 6. The van der Waals surface area contributed by atoms with Crippen molar-refractivity contribution in [3.8, 4) is 56.0 Å². The van der Waals surface area contributed by atoms with Crippen molar-refractivity contribution in [3.63, 3.8) is 0 Å². The van der Waals surface area contributed by atoms with Crippen molar-refractivity contribution in [3.05, 3.63) is 200 Å². The van der Waals surface area contributed by atoms with Crippen molar-refractivity contribution < 1.29 is 4.74 Å². The minimum atomic E-state index is 0.853. The molecule has 2 nitrogen and oxygen atoms in total. The average molecular weight is 720 g/mol. The van der Waals surface area contributed by atoms with E-state index in [0.717, 1.165) is 39.5 Å². The van der Waals surface area contributed by atoms with Gasteiger partial charge in [0.15, 0.2) is 0 Å². The molecule has 0 saturated heterocycles. The van der Waals surface area contributed by atoms with Gasteiger partial charge in [0.25, 0.3) is 0 Å². The summed E-state index contributed by atoms with van der Waals surface area (Å²) >= 11 is 1.84. The predicted octanol–water partition coefficient (Wildman–Crippen LogP) is 15.5. The summed E-state index contributed by atoms with van der Waals surface area (Å²) in [6.07, 6.45) is 0. The number of thiophene rings is 1. The number of anilines is 3. The first kappa shape index (κ1) is 31.6. The predicted molar refractivity (Wildman–Crippen MR) is 233 cm³/mol. The monoisotopic (exact) mass is 719 g/mol. The Balaban J connectivity index is 1.06. The summed E-state index contributed by atoms with van der Waals surface area (Å²) in [6.45, 7) is 0. The second-order valence-electron chi connectivity index (χ2n) is 14.1. The SMILES string of the molecule is c1ccc(-c2cc(-c3ccccc3)cc(-c3ccc4c5c(cccc35)-c3ccc(N(c5ccccc5)c5cccc6sc7ccccc7c56)cc3O4)c2)cc1. The smallest absolute Gasteiger partial charge is 0.137 e. The summed E-state index contributed by atoms with van der Waals surface area (Å²) in [6, 6.07) is 72.0. The van der Waals surface area contributed by atoms with Crippen LogP contribution in [0.1, 0.15) is 0 Å². The van der Waals surface area contributed by atoms with Crippen LogP contribution in [0.4, 0.5) is 17.1 Å². The number of hydrogen-bond acceptors (Lipinski definition) is 3. The van der Waals surface area contributed by atoms with E-state index < -0.39 is 0 Å². The molecule has 0 saturated carbocycles. The van der Waals surface area contributed by atoms with E-state index in [9.17, 15) is 0 Å². The molecule has 3 heteroatoms. The number of nitrogens with zero attached hydrogens (tertiary/aromatic N) is 1. The number of hydrogen-bond donors (Lipinski definition) is 0. The van der Waals surface area contributed by atoms with Crippen LogP contribution in [0.25, 0.3) is 75.5 Å². The molecule has 9 aromatic carbocycles. The highest BCUT2D eigenvalue weighted by Crippen LogP contribution is 2.52. The van der Waals surface area contributed by atoms with Gasteiger partial charge in [0, 0.05) is 48.6 Å². The molecule has 10 aromatic rings. The van der Waals surface area contributed by atoms with E-state index in [1.807, 2.05) is 11.3 Å². The maximum atomic E-state index is 6.91. The Hall–Kier alpha value is -6.94. The lowest BCUT2D eigenvalue weighted by Gasteiger charge is -2.29. The summed E-state index contributed by atoms with van der Waals surface area (Å²) in [7, 11) is 0. The van der Waals surface area contributed by atoms with Crippen molar-refractivity contribution in [2.24, 2.45) is 0 Å². The Labute approximate surface area is 323 Å². The van der Waals surface area contributed by atoms with Crippen molar-refractivity contribution in [2.75, 3.05) is 4.90 Å². The van der Waals surface area contributed by atoms with Gasteiger partial charge in [0.05, 0.1) is 5.69 Å². The van der Waals surface area contributed by atoms with Gasteiger partial charge in [0.2, 0.25) is 0 Å². The quantitative estimate of drug-likeness (QED) is 0.170. The standard InChI is InChI=1S/C52H33NOS/c1-4-14-34(15-5-1)36-30-37(35-16-6-2-7-17-35)32-38(31-36)41-28-29-47-51-43(41)21-12-22-44(51)42-27-26-40(33-48(42)54-47)53(39-18-8-3-9-19-39)46-23-13-25-50-52(46)45-20-10-11-24-49(45)55-50/h1-33H. The number of ether oxygens (including phenoxy) is 1. The molecular weight excluding hydrogens is 687 g/mol. The largest absolute Gasteiger partial charge is 0.456 e. The van der Waals surface area contributed by atoms with Crippen LogP contribution in [0.2, 0.25) is 0 Å². The third-order valence-corrected chi connectivity index (χ3v) is 12.0. The summed E-state index contributed by atoms with van der Waals surface area (Å²) in [5.41, 5.74) is 12.7. The molecule has 0 N–H and O–H groups in total. The Kier molecular flexibility index (Phi) is 7.39. The molecule has 258 valence electrons. The van der Waals surface area contributed by atoms with E-state index >= 15 is 0 Å². The average Bonchev–Trinajstić information content (AvgIpc) is 3.64. The second-order valence-corrected chi connectivity index (χ2v) is 15.2. The molecule has 0 bridgehead atoms. The summed E-state index contributed by atoms with van der Waals surface area (Å²) in [4.78, 5) is 2.37. The highest BCUT2D eigenvalue weighted by atomic mass is 32.1. The van der Waals surface area contributed by atoms with Crippen LogP contribution in [-0.4, -0.2) is 0 Å². The third kappa shape index (κ3) is 5.32. The molecule has 0 spiro atoms. The van der Waals surface area contributed by atoms with E-state index in [1.165, 1.54) is 64.5 Å². The molecule has 0 aliphatic carbocycles. The van der Waals surface area contributed by atoms with Crippen LogP contribution in [0, 0.1) is 0 Å². The Morgan fingerprint density at radius 3 is 1.73 bits per heavy atom. The van der Waals surface area contributed by atoms with Crippen LogP contribution >= 0.6 is 11.3 Å². The minimum absolute atomic E-state index is 0.853. The zero-order valence-electron chi connectivity index (χ0n) is 29.8. The lowest BCUT2D eigenvalue weighted by molar-refractivity contribution is 0.487. The van der Waals surface area contributed by atoms with Crippen molar-refractivity contribution in [2.45, 2.75) is 0 Å². The van der Waals surface area contributed by atoms with Crippen LogP contribution < -0.4 is 9.64 Å². The zero-order chi connectivity index (χ0) is 36.3. The fraction of sp³-hybridized carbons (Fsp3) is 0. The van der Waals surface area contributed by atoms with Gasteiger partial charge in [-0.25, -0.2) is 0 Å². The molecule has 1 aromatic heterocycles. The Morgan fingerprint density at radius 2 is 0.964 bits per heavy atom. The fourth-order valence-corrected chi connectivity index (χ4v) is 9.46. The van der Waals surface area contributed by atoms with Gasteiger partial charge in [-0.1, -0.05) is 127 Å². The molecule has 1 aliphatic heterocycles. The molecule has 0 atom stereocenters. The van der Waals surface area contributed by atoms with Crippen molar-refractivity contribution in [1.82, 2.24) is 0 Å². The zero-order valence-corrected chi connectivity index (χ0v) is 30.6. The first-order valence-electron chi connectivity index (χ1n) is 18.7. The van der Waals surface area contributed by atoms with E-state index in [2.05, 4.69) is 205 Å². The lowest BCUT2D eigenvalue weighted by Crippen LogP contribution is -2.11. The maximum absolute atomic E-state index is 6.91. The Morgan fingerprint density at radius 1 is 0.345 bits per heavy atom. The molecule has 1 aliphatic rings. The number of benzene rings is 9. The summed E-state index contributed by atoms with van der Waals surface area (Å²) in [5.74, 6) is 1.73.